The number of hydrogen-bond donors (Lipinski definition) is 1. The molecule has 1 aliphatic rings. The highest BCUT2D eigenvalue weighted by Gasteiger charge is 2.13. The predicted molar refractivity (Wildman–Crippen MR) is 88.8 cm³/mol. The molecule has 1 atom stereocenters. The van der Waals surface area contributed by atoms with E-state index < -0.39 is 0 Å². The van der Waals surface area contributed by atoms with Crippen molar-refractivity contribution in [3.8, 4) is 0 Å². The van der Waals surface area contributed by atoms with Crippen molar-refractivity contribution in [2.45, 2.75) is 45.6 Å². The molecule has 0 bridgehead atoms. The number of hydrogen-bond acceptors (Lipinski definition) is 5. The summed E-state index contributed by atoms with van der Waals surface area (Å²) in [5, 5.41) is 3.50. The van der Waals surface area contributed by atoms with E-state index in [2.05, 4.69) is 40.1 Å². The number of thioether (sulfide) groups is 1. The Hall–Kier alpha value is -0.970. The van der Waals surface area contributed by atoms with Crippen molar-refractivity contribution in [3.63, 3.8) is 0 Å². The summed E-state index contributed by atoms with van der Waals surface area (Å²) < 4.78 is 0. The third-order valence-corrected chi connectivity index (χ3v) is 4.57. The molecule has 0 radical (unpaired) electrons. The fourth-order valence-corrected chi connectivity index (χ4v) is 3.32. The molecule has 0 saturated carbocycles. The molecule has 1 unspecified atom stereocenters. The highest BCUT2D eigenvalue weighted by atomic mass is 32.2. The number of rotatable bonds is 7. The maximum absolute atomic E-state index is 4.41. The van der Waals surface area contributed by atoms with Gasteiger partial charge in [-0.05, 0) is 13.3 Å². The van der Waals surface area contributed by atoms with Gasteiger partial charge in [0, 0.05) is 36.7 Å². The maximum atomic E-state index is 4.41. The Morgan fingerprint density at radius 1 is 1.30 bits per heavy atom. The van der Waals surface area contributed by atoms with Crippen molar-refractivity contribution >= 4 is 23.4 Å². The molecule has 0 spiro atoms. The molecule has 20 heavy (non-hydrogen) atoms. The van der Waals surface area contributed by atoms with Crippen LogP contribution >= 0.6 is 11.8 Å². The van der Waals surface area contributed by atoms with Crippen LogP contribution in [0.5, 0.6) is 0 Å². The van der Waals surface area contributed by atoms with Crippen molar-refractivity contribution in [1.82, 2.24) is 9.97 Å². The smallest absolute Gasteiger partial charge is 0.134 e. The van der Waals surface area contributed by atoms with Crippen LogP contribution in [0.3, 0.4) is 0 Å². The van der Waals surface area contributed by atoms with E-state index in [-0.39, 0.29) is 0 Å². The fourth-order valence-electron chi connectivity index (χ4n) is 2.42. The van der Waals surface area contributed by atoms with Gasteiger partial charge in [-0.2, -0.15) is 11.8 Å². The van der Waals surface area contributed by atoms with E-state index in [0.717, 1.165) is 24.7 Å². The number of anilines is 2. The Morgan fingerprint density at radius 3 is 2.85 bits per heavy atom. The molecule has 2 heterocycles. The van der Waals surface area contributed by atoms with Gasteiger partial charge in [-0.15, -0.1) is 0 Å². The van der Waals surface area contributed by atoms with Crippen LogP contribution in [0, 0.1) is 0 Å². The second kappa shape index (κ2) is 8.35. The Morgan fingerprint density at radius 2 is 2.10 bits per heavy atom. The van der Waals surface area contributed by atoms with Crippen LogP contribution in [0.25, 0.3) is 0 Å². The normalized spacial score (nSPS) is 17.0. The molecule has 0 aromatic carbocycles. The van der Waals surface area contributed by atoms with E-state index in [1.54, 1.807) is 6.33 Å². The third-order valence-electron chi connectivity index (χ3n) is 3.62. The van der Waals surface area contributed by atoms with Crippen molar-refractivity contribution in [2.24, 2.45) is 0 Å². The monoisotopic (exact) mass is 294 g/mol. The summed E-state index contributed by atoms with van der Waals surface area (Å²) >= 11 is 2.02. The first kappa shape index (κ1) is 15.4. The number of unbranched alkanes of at least 4 members (excludes halogenated alkanes) is 2. The maximum Gasteiger partial charge on any atom is 0.134 e. The van der Waals surface area contributed by atoms with Gasteiger partial charge in [0.25, 0.3) is 0 Å². The van der Waals surface area contributed by atoms with Crippen LogP contribution in [-0.2, 0) is 0 Å². The Bertz CT molecular complexity index is 393. The van der Waals surface area contributed by atoms with Crippen molar-refractivity contribution < 1.29 is 0 Å². The van der Waals surface area contributed by atoms with Crippen LogP contribution in [0.15, 0.2) is 12.4 Å². The molecule has 1 aromatic rings. The second-order valence-electron chi connectivity index (χ2n) is 5.40. The van der Waals surface area contributed by atoms with Gasteiger partial charge in [0.2, 0.25) is 0 Å². The average Bonchev–Trinajstić information content (AvgIpc) is 2.49. The van der Waals surface area contributed by atoms with Crippen LogP contribution in [-0.4, -0.2) is 40.6 Å². The minimum atomic E-state index is 0.473. The summed E-state index contributed by atoms with van der Waals surface area (Å²) in [7, 11) is 0. The zero-order valence-corrected chi connectivity index (χ0v) is 13.5. The molecule has 1 fully saturated rings. The van der Waals surface area contributed by atoms with E-state index in [1.807, 2.05) is 11.8 Å². The lowest BCUT2D eigenvalue weighted by Crippen LogP contribution is -2.33. The first-order valence-corrected chi connectivity index (χ1v) is 8.86. The lowest BCUT2D eigenvalue weighted by molar-refractivity contribution is 0.613. The molecule has 1 aromatic heterocycles. The Kier molecular flexibility index (Phi) is 6.43. The van der Waals surface area contributed by atoms with Gasteiger partial charge < -0.3 is 10.2 Å². The molecule has 4 nitrogen and oxygen atoms in total. The summed E-state index contributed by atoms with van der Waals surface area (Å²) in [6.07, 6.45) is 6.75. The highest BCUT2D eigenvalue weighted by molar-refractivity contribution is 7.99. The number of nitrogens with zero attached hydrogens (tertiary/aromatic N) is 3. The minimum Gasteiger partial charge on any atom is -0.367 e. The van der Waals surface area contributed by atoms with Gasteiger partial charge in [-0.1, -0.05) is 26.2 Å². The van der Waals surface area contributed by atoms with Crippen LogP contribution in [0.4, 0.5) is 11.6 Å². The molecule has 1 saturated heterocycles. The first-order chi connectivity index (χ1) is 9.79. The first-order valence-electron chi connectivity index (χ1n) is 7.71. The van der Waals surface area contributed by atoms with Crippen molar-refractivity contribution in [2.75, 3.05) is 34.8 Å². The van der Waals surface area contributed by atoms with Gasteiger partial charge in [0.05, 0.1) is 0 Å². The standard InChI is InChI=1S/C15H26N4S/c1-3-4-5-6-13(2)18-14-11-15(17-12-16-14)19-7-9-20-10-8-19/h11-13H,3-10H2,1-2H3,(H,16,17,18). The van der Waals surface area contributed by atoms with Gasteiger partial charge in [-0.25, -0.2) is 9.97 Å². The second-order valence-corrected chi connectivity index (χ2v) is 6.63. The lowest BCUT2D eigenvalue weighted by Gasteiger charge is -2.27. The van der Waals surface area contributed by atoms with Crippen molar-refractivity contribution in [1.29, 1.82) is 0 Å². The highest BCUT2D eigenvalue weighted by Crippen LogP contribution is 2.19. The molecule has 1 aliphatic heterocycles. The SMILES string of the molecule is CCCCCC(C)Nc1cc(N2CCSCC2)ncn1. The van der Waals surface area contributed by atoms with Gasteiger partial charge in [-0.3, -0.25) is 0 Å². The zero-order valence-electron chi connectivity index (χ0n) is 12.6. The topological polar surface area (TPSA) is 41.0 Å². The van der Waals surface area contributed by atoms with E-state index in [9.17, 15) is 0 Å². The van der Waals surface area contributed by atoms with E-state index >= 15 is 0 Å². The Balaban J connectivity index is 1.88. The molecular formula is C15H26N4S. The zero-order chi connectivity index (χ0) is 14.2. The van der Waals surface area contributed by atoms with E-state index in [1.165, 1.54) is 37.2 Å². The van der Waals surface area contributed by atoms with Crippen LogP contribution in [0.2, 0.25) is 0 Å². The minimum absolute atomic E-state index is 0.473. The van der Waals surface area contributed by atoms with Gasteiger partial charge in [0.1, 0.15) is 18.0 Å². The van der Waals surface area contributed by atoms with Crippen LogP contribution in [0.1, 0.15) is 39.5 Å². The summed E-state index contributed by atoms with van der Waals surface area (Å²) in [6, 6.07) is 2.56. The molecular weight excluding hydrogens is 268 g/mol. The quantitative estimate of drug-likeness (QED) is 0.780. The van der Waals surface area contributed by atoms with E-state index in [4.69, 9.17) is 0 Å². The summed E-state index contributed by atoms with van der Waals surface area (Å²) in [4.78, 5) is 11.1. The largest absolute Gasteiger partial charge is 0.367 e. The molecule has 112 valence electrons. The fraction of sp³-hybridized carbons (Fsp3) is 0.733. The molecule has 2 rings (SSSR count). The van der Waals surface area contributed by atoms with Crippen LogP contribution < -0.4 is 10.2 Å². The molecule has 0 aliphatic carbocycles. The summed E-state index contributed by atoms with van der Waals surface area (Å²) in [6.45, 7) is 6.65. The van der Waals surface area contributed by atoms with Gasteiger partial charge in [0.15, 0.2) is 0 Å². The third kappa shape index (κ3) is 4.85. The molecule has 1 N–H and O–H groups in total. The lowest BCUT2D eigenvalue weighted by atomic mass is 10.1. The number of nitrogens with one attached hydrogen (secondary N) is 1. The number of aromatic nitrogens is 2. The molecule has 5 heteroatoms. The summed E-state index contributed by atoms with van der Waals surface area (Å²) in [5.74, 6) is 4.40. The van der Waals surface area contributed by atoms with Crippen molar-refractivity contribution in [3.05, 3.63) is 12.4 Å². The average molecular weight is 294 g/mol. The summed E-state index contributed by atoms with van der Waals surface area (Å²) in [5.41, 5.74) is 0. The van der Waals surface area contributed by atoms with E-state index in [0.29, 0.717) is 6.04 Å². The van der Waals surface area contributed by atoms with Gasteiger partial charge >= 0.3 is 0 Å². The Labute approximate surface area is 126 Å². The predicted octanol–water partition coefficient (Wildman–Crippen LogP) is 3.41. The molecule has 0 amide bonds.